The maximum atomic E-state index is 5.84. The second kappa shape index (κ2) is 4.42. The van der Waals surface area contributed by atoms with Gasteiger partial charge in [-0.3, -0.25) is 0 Å². The van der Waals surface area contributed by atoms with Crippen LogP contribution in [0.3, 0.4) is 0 Å². The van der Waals surface area contributed by atoms with E-state index >= 15 is 0 Å². The number of pyridine rings is 1. The van der Waals surface area contributed by atoms with Crippen molar-refractivity contribution < 1.29 is 0 Å². The summed E-state index contributed by atoms with van der Waals surface area (Å²) >= 11 is 0. The summed E-state index contributed by atoms with van der Waals surface area (Å²) in [5, 5.41) is 0. The van der Waals surface area contributed by atoms with Gasteiger partial charge in [0.15, 0.2) is 0 Å². The molecule has 3 nitrogen and oxygen atoms in total. The lowest BCUT2D eigenvalue weighted by atomic mass is 10.1. The summed E-state index contributed by atoms with van der Waals surface area (Å²) in [6.45, 7) is 2.98. The second-order valence-electron chi connectivity index (χ2n) is 4.77. The Kier molecular flexibility index (Phi) is 2.76. The topological polar surface area (TPSA) is 42.1 Å². The fourth-order valence-corrected chi connectivity index (χ4v) is 2.40. The van der Waals surface area contributed by atoms with E-state index in [9.17, 15) is 0 Å². The van der Waals surface area contributed by atoms with Gasteiger partial charge in [0.1, 0.15) is 5.82 Å². The summed E-state index contributed by atoms with van der Waals surface area (Å²) in [6, 6.07) is 12.7. The number of benzene rings is 1. The smallest absolute Gasteiger partial charge is 0.132 e. The van der Waals surface area contributed by atoms with Gasteiger partial charge in [0.05, 0.1) is 0 Å². The Bertz CT molecular complexity index is 546. The van der Waals surface area contributed by atoms with Crippen LogP contribution < -0.4 is 10.6 Å². The van der Waals surface area contributed by atoms with E-state index in [4.69, 9.17) is 5.73 Å². The van der Waals surface area contributed by atoms with Crippen molar-refractivity contribution >= 4 is 11.5 Å². The summed E-state index contributed by atoms with van der Waals surface area (Å²) in [7, 11) is 0. The molecular formula is C15H17N3. The molecule has 3 heteroatoms. The van der Waals surface area contributed by atoms with Crippen LogP contribution in [0.4, 0.5) is 11.5 Å². The maximum absolute atomic E-state index is 5.84. The van der Waals surface area contributed by atoms with E-state index < -0.39 is 0 Å². The predicted octanol–water partition coefficient (Wildman–Crippen LogP) is 2.80. The molecular weight excluding hydrogens is 222 g/mol. The molecule has 2 N–H and O–H groups in total. The molecule has 1 aromatic carbocycles. The van der Waals surface area contributed by atoms with Crippen molar-refractivity contribution in [2.24, 2.45) is 5.73 Å². The molecule has 2 aromatic rings. The number of fused-ring (bicyclic) bond motifs is 1. The Morgan fingerprint density at radius 1 is 1.22 bits per heavy atom. The molecule has 0 spiro atoms. The van der Waals surface area contributed by atoms with E-state index in [1.807, 2.05) is 13.1 Å². The van der Waals surface area contributed by atoms with Crippen molar-refractivity contribution in [3.8, 4) is 0 Å². The average molecular weight is 239 g/mol. The Morgan fingerprint density at radius 3 is 2.78 bits per heavy atom. The largest absolute Gasteiger partial charge is 0.326 e. The van der Waals surface area contributed by atoms with E-state index in [0.717, 1.165) is 24.3 Å². The Labute approximate surface area is 107 Å². The molecule has 1 unspecified atom stereocenters. The third kappa shape index (κ3) is 1.87. The van der Waals surface area contributed by atoms with Crippen molar-refractivity contribution in [2.75, 3.05) is 11.4 Å². The highest BCUT2D eigenvalue weighted by atomic mass is 15.2. The van der Waals surface area contributed by atoms with Gasteiger partial charge in [-0.1, -0.05) is 24.3 Å². The predicted molar refractivity (Wildman–Crippen MR) is 74.0 cm³/mol. The van der Waals surface area contributed by atoms with Crippen LogP contribution in [0.1, 0.15) is 24.1 Å². The molecule has 3 rings (SSSR count). The van der Waals surface area contributed by atoms with Gasteiger partial charge in [0.2, 0.25) is 0 Å². The first-order chi connectivity index (χ1) is 8.75. The van der Waals surface area contributed by atoms with Crippen molar-refractivity contribution in [1.29, 1.82) is 0 Å². The molecule has 1 aromatic heterocycles. The standard InChI is InChI=1S/C15H17N3/c1-11(16)13-6-7-15(17-10-13)18-9-8-12-4-2-3-5-14(12)18/h2-7,10-11H,8-9,16H2,1H3. The first-order valence-electron chi connectivity index (χ1n) is 6.32. The van der Waals surface area contributed by atoms with Crippen LogP contribution in [0.25, 0.3) is 0 Å². The first kappa shape index (κ1) is 11.2. The molecule has 18 heavy (non-hydrogen) atoms. The Hall–Kier alpha value is -1.87. The van der Waals surface area contributed by atoms with E-state index in [0.29, 0.717) is 0 Å². The van der Waals surface area contributed by atoms with Crippen LogP contribution in [-0.4, -0.2) is 11.5 Å². The molecule has 1 atom stereocenters. The van der Waals surface area contributed by atoms with Crippen molar-refractivity contribution in [1.82, 2.24) is 4.98 Å². The fourth-order valence-electron chi connectivity index (χ4n) is 2.40. The van der Waals surface area contributed by atoms with Gasteiger partial charge in [0, 0.05) is 24.5 Å². The molecule has 2 heterocycles. The third-order valence-corrected chi connectivity index (χ3v) is 3.46. The van der Waals surface area contributed by atoms with E-state index in [-0.39, 0.29) is 6.04 Å². The molecule has 0 saturated heterocycles. The van der Waals surface area contributed by atoms with Crippen molar-refractivity contribution in [3.63, 3.8) is 0 Å². The monoisotopic (exact) mass is 239 g/mol. The van der Waals surface area contributed by atoms with Gasteiger partial charge in [-0.25, -0.2) is 4.98 Å². The van der Waals surface area contributed by atoms with Gasteiger partial charge in [-0.05, 0) is 36.6 Å². The van der Waals surface area contributed by atoms with Crippen LogP contribution in [0.2, 0.25) is 0 Å². The quantitative estimate of drug-likeness (QED) is 0.876. The number of aromatic nitrogens is 1. The minimum absolute atomic E-state index is 0.0393. The molecule has 0 bridgehead atoms. The molecule has 0 radical (unpaired) electrons. The number of anilines is 2. The summed E-state index contributed by atoms with van der Waals surface area (Å²) in [5.41, 5.74) is 9.59. The SMILES string of the molecule is CC(N)c1ccc(N2CCc3ccccc32)nc1. The molecule has 92 valence electrons. The minimum atomic E-state index is 0.0393. The summed E-state index contributed by atoms with van der Waals surface area (Å²) in [4.78, 5) is 6.79. The van der Waals surface area contributed by atoms with Gasteiger partial charge in [-0.2, -0.15) is 0 Å². The Balaban J connectivity index is 1.93. The Morgan fingerprint density at radius 2 is 2.06 bits per heavy atom. The van der Waals surface area contributed by atoms with Crippen LogP contribution >= 0.6 is 0 Å². The molecule has 0 aliphatic carbocycles. The van der Waals surface area contributed by atoms with Crippen molar-refractivity contribution in [2.45, 2.75) is 19.4 Å². The highest BCUT2D eigenvalue weighted by molar-refractivity contribution is 5.67. The zero-order valence-corrected chi connectivity index (χ0v) is 10.5. The molecule has 1 aliphatic rings. The van der Waals surface area contributed by atoms with Gasteiger partial charge in [0.25, 0.3) is 0 Å². The van der Waals surface area contributed by atoms with Crippen LogP contribution in [0.15, 0.2) is 42.6 Å². The average Bonchev–Trinajstić information content (AvgIpc) is 2.82. The summed E-state index contributed by atoms with van der Waals surface area (Å²) < 4.78 is 0. The number of hydrogen-bond donors (Lipinski definition) is 1. The fraction of sp³-hybridized carbons (Fsp3) is 0.267. The zero-order chi connectivity index (χ0) is 12.5. The maximum Gasteiger partial charge on any atom is 0.132 e. The van der Waals surface area contributed by atoms with Gasteiger partial charge in [-0.15, -0.1) is 0 Å². The lowest BCUT2D eigenvalue weighted by Crippen LogP contribution is -2.15. The number of hydrogen-bond acceptors (Lipinski definition) is 3. The van der Waals surface area contributed by atoms with Gasteiger partial charge < -0.3 is 10.6 Å². The van der Waals surface area contributed by atoms with E-state index in [2.05, 4.69) is 46.3 Å². The summed E-state index contributed by atoms with van der Waals surface area (Å²) in [6.07, 6.45) is 2.97. The molecule has 1 aliphatic heterocycles. The van der Waals surface area contributed by atoms with E-state index in [1.165, 1.54) is 11.3 Å². The molecule has 0 fully saturated rings. The van der Waals surface area contributed by atoms with Gasteiger partial charge >= 0.3 is 0 Å². The lowest BCUT2D eigenvalue weighted by molar-refractivity contribution is 0.810. The van der Waals surface area contributed by atoms with E-state index in [1.54, 1.807) is 0 Å². The summed E-state index contributed by atoms with van der Waals surface area (Å²) in [5.74, 6) is 1.00. The number of nitrogens with two attached hydrogens (primary N) is 1. The molecule has 0 amide bonds. The normalized spacial score (nSPS) is 15.6. The van der Waals surface area contributed by atoms with Crippen LogP contribution in [0.5, 0.6) is 0 Å². The third-order valence-electron chi connectivity index (χ3n) is 3.46. The number of nitrogens with zero attached hydrogens (tertiary/aromatic N) is 2. The zero-order valence-electron chi connectivity index (χ0n) is 10.5. The minimum Gasteiger partial charge on any atom is -0.326 e. The molecule has 0 saturated carbocycles. The number of para-hydroxylation sites is 1. The highest BCUT2D eigenvalue weighted by Gasteiger charge is 2.20. The van der Waals surface area contributed by atoms with Crippen molar-refractivity contribution in [3.05, 3.63) is 53.7 Å². The lowest BCUT2D eigenvalue weighted by Gasteiger charge is -2.18. The van der Waals surface area contributed by atoms with Crippen LogP contribution in [0, 0.1) is 0 Å². The number of rotatable bonds is 2. The highest BCUT2D eigenvalue weighted by Crippen LogP contribution is 2.33. The second-order valence-corrected chi connectivity index (χ2v) is 4.77. The van der Waals surface area contributed by atoms with Crippen LogP contribution in [-0.2, 0) is 6.42 Å². The first-order valence-corrected chi connectivity index (χ1v) is 6.32.